The SMILES string of the molecule is CCOC1CC(NCC2CCCCCC2)C1(C)C. The molecule has 0 saturated heterocycles. The molecule has 2 atom stereocenters. The predicted molar refractivity (Wildman–Crippen MR) is 76.8 cm³/mol. The van der Waals surface area contributed by atoms with E-state index in [-0.39, 0.29) is 0 Å². The molecule has 18 heavy (non-hydrogen) atoms. The Balaban J connectivity index is 1.71. The minimum Gasteiger partial charge on any atom is -0.378 e. The summed E-state index contributed by atoms with van der Waals surface area (Å²) < 4.78 is 5.80. The van der Waals surface area contributed by atoms with Crippen LogP contribution in [0.1, 0.15) is 65.7 Å². The van der Waals surface area contributed by atoms with Crippen molar-refractivity contribution in [2.45, 2.75) is 77.9 Å². The van der Waals surface area contributed by atoms with Crippen LogP contribution in [0.2, 0.25) is 0 Å². The van der Waals surface area contributed by atoms with Gasteiger partial charge in [0.25, 0.3) is 0 Å². The van der Waals surface area contributed by atoms with Gasteiger partial charge in [0, 0.05) is 18.1 Å². The first-order valence-electron chi connectivity index (χ1n) is 7.99. The standard InChI is InChI=1S/C16H31NO/c1-4-18-15-11-14(16(15,2)3)17-12-13-9-7-5-6-8-10-13/h13-15,17H,4-12H2,1-3H3. The van der Waals surface area contributed by atoms with Gasteiger partial charge in [-0.1, -0.05) is 39.5 Å². The number of rotatable bonds is 5. The van der Waals surface area contributed by atoms with E-state index in [2.05, 4.69) is 26.1 Å². The zero-order valence-corrected chi connectivity index (χ0v) is 12.5. The van der Waals surface area contributed by atoms with Crippen LogP contribution in [0.5, 0.6) is 0 Å². The molecule has 0 aliphatic heterocycles. The molecule has 0 aromatic carbocycles. The third kappa shape index (κ3) is 3.27. The average Bonchev–Trinajstić information content (AvgIpc) is 2.61. The fourth-order valence-electron chi connectivity index (χ4n) is 3.59. The molecule has 2 unspecified atom stereocenters. The van der Waals surface area contributed by atoms with Gasteiger partial charge in [0.05, 0.1) is 6.10 Å². The molecule has 0 aromatic heterocycles. The first kappa shape index (κ1) is 14.3. The molecule has 2 rings (SSSR count). The minimum absolute atomic E-state index is 0.320. The maximum Gasteiger partial charge on any atom is 0.0655 e. The molecule has 0 heterocycles. The van der Waals surface area contributed by atoms with E-state index in [1.54, 1.807) is 0 Å². The summed E-state index contributed by atoms with van der Waals surface area (Å²) >= 11 is 0. The Morgan fingerprint density at radius 3 is 2.33 bits per heavy atom. The van der Waals surface area contributed by atoms with Gasteiger partial charge in [0.15, 0.2) is 0 Å². The quantitative estimate of drug-likeness (QED) is 0.753. The van der Waals surface area contributed by atoms with Crippen LogP contribution in [0.3, 0.4) is 0 Å². The first-order chi connectivity index (χ1) is 8.64. The van der Waals surface area contributed by atoms with Crippen LogP contribution in [0, 0.1) is 11.3 Å². The molecule has 1 N–H and O–H groups in total. The average molecular weight is 253 g/mol. The summed E-state index contributed by atoms with van der Waals surface area (Å²) in [6, 6.07) is 0.664. The second-order valence-electron chi connectivity index (χ2n) is 6.82. The lowest BCUT2D eigenvalue weighted by Crippen LogP contribution is -2.61. The molecule has 0 radical (unpaired) electrons. The fraction of sp³-hybridized carbons (Fsp3) is 1.00. The van der Waals surface area contributed by atoms with Crippen molar-refractivity contribution in [2.75, 3.05) is 13.2 Å². The molecule has 2 aliphatic rings. The number of hydrogen-bond acceptors (Lipinski definition) is 2. The lowest BCUT2D eigenvalue weighted by atomic mass is 9.64. The molecule has 2 fully saturated rings. The van der Waals surface area contributed by atoms with Crippen molar-refractivity contribution in [3.8, 4) is 0 Å². The highest BCUT2D eigenvalue weighted by atomic mass is 16.5. The van der Waals surface area contributed by atoms with E-state index in [4.69, 9.17) is 4.74 Å². The highest BCUT2D eigenvalue weighted by Crippen LogP contribution is 2.42. The van der Waals surface area contributed by atoms with Gasteiger partial charge in [-0.2, -0.15) is 0 Å². The topological polar surface area (TPSA) is 21.3 Å². The molecular formula is C16H31NO. The van der Waals surface area contributed by atoms with Crippen LogP contribution in [0.4, 0.5) is 0 Å². The zero-order chi connectivity index (χ0) is 13.0. The first-order valence-corrected chi connectivity index (χ1v) is 7.99. The van der Waals surface area contributed by atoms with Gasteiger partial charge in [-0.25, -0.2) is 0 Å². The normalized spacial score (nSPS) is 32.8. The summed E-state index contributed by atoms with van der Waals surface area (Å²) in [6.07, 6.45) is 10.4. The Labute approximate surface area is 113 Å². The van der Waals surface area contributed by atoms with Crippen molar-refractivity contribution in [1.82, 2.24) is 5.32 Å². The predicted octanol–water partition coefficient (Wildman–Crippen LogP) is 3.75. The van der Waals surface area contributed by atoms with Gasteiger partial charge in [0.1, 0.15) is 0 Å². The van der Waals surface area contributed by atoms with Crippen LogP contribution in [-0.2, 0) is 4.74 Å². The van der Waals surface area contributed by atoms with E-state index in [0.29, 0.717) is 17.6 Å². The van der Waals surface area contributed by atoms with Crippen LogP contribution < -0.4 is 5.32 Å². The smallest absolute Gasteiger partial charge is 0.0655 e. The maximum absolute atomic E-state index is 5.80. The van der Waals surface area contributed by atoms with Gasteiger partial charge >= 0.3 is 0 Å². The molecule has 0 spiro atoms. The van der Waals surface area contributed by atoms with Crippen molar-refractivity contribution in [3.05, 3.63) is 0 Å². The van der Waals surface area contributed by atoms with E-state index in [1.807, 2.05) is 0 Å². The van der Waals surface area contributed by atoms with Crippen LogP contribution in [-0.4, -0.2) is 25.3 Å². The Morgan fingerprint density at radius 2 is 1.78 bits per heavy atom. The van der Waals surface area contributed by atoms with Crippen molar-refractivity contribution in [1.29, 1.82) is 0 Å². The number of ether oxygens (including phenoxy) is 1. The maximum atomic E-state index is 5.80. The minimum atomic E-state index is 0.320. The molecule has 2 aliphatic carbocycles. The van der Waals surface area contributed by atoms with Gasteiger partial charge < -0.3 is 10.1 Å². The van der Waals surface area contributed by atoms with E-state index in [1.165, 1.54) is 51.5 Å². The fourth-order valence-corrected chi connectivity index (χ4v) is 3.59. The Hall–Kier alpha value is -0.0800. The van der Waals surface area contributed by atoms with E-state index < -0.39 is 0 Å². The lowest BCUT2D eigenvalue weighted by molar-refractivity contribution is -0.114. The van der Waals surface area contributed by atoms with Crippen molar-refractivity contribution >= 4 is 0 Å². The summed E-state index contributed by atoms with van der Waals surface area (Å²) in [4.78, 5) is 0. The van der Waals surface area contributed by atoms with Crippen molar-refractivity contribution in [2.24, 2.45) is 11.3 Å². The summed E-state index contributed by atoms with van der Waals surface area (Å²) in [5.41, 5.74) is 0.320. The summed E-state index contributed by atoms with van der Waals surface area (Å²) in [5, 5.41) is 3.82. The monoisotopic (exact) mass is 253 g/mol. The third-order valence-electron chi connectivity index (χ3n) is 5.17. The summed E-state index contributed by atoms with van der Waals surface area (Å²) in [6.45, 7) is 8.88. The van der Waals surface area contributed by atoms with Crippen LogP contribution in [0.25, 0.3) is 0 Å². The molecule has 0 bridgehead atoms. The molecule has 106 valence electrons. The zero-order valence-electron chi connectivity index (χ0n) is 12.5. The molecule has 0 aromatic rings. The second kappa shape index (κ2) is 6.38. The third-order valence-corrected chi connectivity index (χ3v) is 5.17. The van der Waals surface area contributed by atoms with E-state index in [9.17, 15) is 0 Å². The highest BCUT2D eigenvalue weighted by molar-refractivity contribution is 5.02. The Bertz CT molecular complexity index is 243. The van der Waals surface area contributed by atoms with Crippen LogP contribution >= 0.6 is 0 Å². The molecule has 2 saturated carbocycles. The lowest BCUT2D eigenvalue weighted by Gasteiger charge is -2.52. The van der Waals surface area contributed by atoms with Crippen LogP contribution in [0.15, 0.2) is 0 Å². The van der Waals surface area contributed by atoms with Gasteiger partial charge in [-0.15, -0.1) is 0 Å². The highest BCUT2D eigenvalue weighted by Gasteiger charge is 2.48. The second-order valence-corrected chi connectivity index (χ2v) is 6.82. The molecular weight excluding hydrogens is 222 g/mol. The van der Waals surface area contributed by atoms with Gasteiger partial charge in [-0.05, 0) is 38.6 Å². The molecule has 2 heteroatoms. The molecule has 0 amide bonds. The number of nitrogens with one attached hydrogen (secondary N) is 1. The Kier molecular flexibility index (Phi) is 5.08. The number of hydrogen-bond donors (Lipinski definition) is 1. The van der Waals surface area contributed by atoms with Gasteiger partial charge in [0.2, 0.25) is 0 Å². The van der Waals surface area contributed by atoms with E-state index in [0.717, 1.165) is 12.5 Å². The van der Waals surface area contributed by atoms with Crippen molar-refractivity contribution < 1.29 is 4.74 Å². The largest absolute Gasteiger partial charge is 0.378 e. The van der Waals surface area contributed by atoms with E-state index >= 15 is 0 Å². The summed E-state index contributed by atoms with van der Waals surface area (Å²) in [7, 11) is 0. The Morgan fingerprint density at radius 1 is 1.11 bits per heavy atom. The molecule has 2 nitrogen and oxygen atoms in total. The van der Waals surface area contributed by atoms with Gasteiger partial charge in [-0.3, -0.25) is 0 Å². The van der Waals surface area contributed by atoms with Crippen molar-refractivity contribution in [3.63, 3.8) is 0 Å². The summed E-state index contributed by atoms with van der Waals surface area (Å²) in [5.74, 6) is 0.925.